The summed E-state index contributed by atoms with van der Waals surface area (Å²) < 4.78 is 24.4. The van der Waals surface area contributed by atoms with Crippen LogP contribution in [0.5, 0.6) is 0 Å². The molecule has 6 nitrogen and oxygen atoms in total. The number of carbonyl (C=O) groups excluding carboxylic acids is 1. The first-order chi connectivity index (χ1) is 9.44. The van der Waals surface area contributed by atoms with E-state index in [9.17, 15) is 13.2 Å². The average molecular weight is 297 g/mol. The summed E-state index contributed by atoms with van der Waals surface area (Å²) in [6.07, 6.45) is 3.71. The van der Waals surface area contributed by atoms with E-state index in [-0.39, 0.29) is 11.7 Å². The van der Waals surface area contributed by atoms with Gasteiger partial charge in [0.1, 0.15) is 5.54 Å². The Kier molecular flexibility index (Phi) is 3.26. The van der Waals surface area contributed by atoms with E-state index < -0.39 is 26.7 Å². The highest BCUT2D eigenvalue weighted by atomic mass is 32.2. The highest BCUT2D eigenvalue weighted by molar-refractivity contribution is 7.92. The number of hydrogen-bond donors (Lipinski definition) is 2. The van der Waals surface area contributed by atoms with E-state index in [2.05, 4.69) is 16.7 Å². The fourth-order valence-corrected chi connectivity index (χ4v) is 4.74. The second-order valence-electron chi connectivity index (χ2n) is 6.27. The van der Waals surface area contributed by atoms with Gasteiger partial charge in [0, 0.05) is 6.54 Å². The van der Waals surface area contributed by atoms with Crippen molar-refractivity contribution in [1.29, 1.82) is 5.26 Å². The van der Waals surface area contributed by atoms with Crippen molar-refractivity contribution in [3.63, 3.8) is 0 Å². The molecule has 0 spiro atoms. The molecule has 2 saturated carbocycles. The Balaban J connectivity index is 1.56. The van der Waals surface area contributed by atoms with Crippen LogP contribution in [-0.2, 0) is 14.6 Å². The van der Waals surface area contributed by atoms with Crippen LogP contribution in [0, 0.1) is 17.2 Å². The fourth-order valence-electron chi connectivity index (χ4n) is 2.64. The van der Waals surface area contributed by atoms with Crippen LogP contribution in [-0.4, -0.2) is 43.5 Å². The summed E-state index contributed by atoms with van der Waals surface area (Å²) in [7, 11) is -3.10. The lowest BCUT2D eigenvalue weighted by atomic mass is 10.2. The van der Waals surface area contributed by atoms with Gasteiger partial charge in [0.2, 0.25) is 5.91 Å². The SMILES string of the molecule is N#CC1(NC(=O)[C@@H]2C[C@@H](S(=O)(=O)CC3CC3)CN2)CC1. The van der Waals surface area contributed by atoms with Crippen LogP contribution in [0.25, 0.3) is 0 Å². The van der Waals surface area contributed by atoms with E-state index in [1.165, 1.54) is 0 Å². The second-order valence-corrected chi connectivity index (χ2v) is 8.60. The van der Waals surface area contributed by atoms with E-state index in [1.54, 1.807) is 0 Å². The molecule has 1 heterocycles. The summed E-state index contributed by atoms with van der Waals surface area (Å²) in [4.78, 5) is 12.0. The molecule has 1 saturated heterocycles. The summed E-state index contributed by atoms with van der Waals surface area (Å²) in [6, 6.07) is 1.62. The number of nitriles is 1. The zero-order valence-corrected chi connectivity index (χ0v) is 12.1. The van der Waals surface area contributed by atoms with Crippen LogP contribution in [0.3, 0.4) is 0 Å². The van der Waals surface area contributed by atoms with Gasteiger partial charge < -0.3 is 10.6 Å². The number of carbonyl (C=O) groups is 1. The first-order valence-electron chi connectivity index (χ1n) is 7.12. The molecule has 2 aliphatic carbocycles. The molecule has 0 unspecified atom stereocenters. The summed E-state index contributed by atoms with van der Waals surface area (Å²) in [5, 5.41) is 14.2. The van der Waals surface area contributed by atoms with Crippen molar-refractivity contribution in [3.8, 4) is 6.07 Å². The molecule has 1 aliphatic heterocycles. The van der Waals surface area contributed by atoms with E-state index in [0.717, 1.165) is 12.8 Å². The first-order valence-corrected chi connectivity index (χ1v) is 8.84. The Morgan fingerprint density at radius 1 is 1.40 bits per heavy atom. The molecule has 0 aromatic rings. The van der Waals surface area contributed by atoms with Gasteiger partial charge in [0.15, 0.2) is 9.84 Å². The van der Waals surface area contributed by atoms with Crippen molar-refractivity contribution in [2.24, 2.45) is 5.92 Å². The molecule has 2 atom stereocenters. The lowest BCUT2D eigenvalue weighted by Gasteiger charge is -2.14. The number of rotatable bonds is 5. The maximum atomic E-state index is 12.2. The van der Waals surface area contributed by atoms with Crippen molar-refractivity contribution in [3.05, 3.63) is 0 Å². The van der Waals surface area contributed by atoms with Crippen LogP contribution in [0.4, 0.5) is 0 Å². The molecule has 0 aromatic heterocycles. The largest absolute Gasteiger partial charge is 0.336 e. The highest BCUT2D eigenvalue weighted by Crippen LogP contribution is 2.35. The van der Waals surface area contributed by atoms with Crippen molar-refractivity contribution < 1.29 is 13.2 Å². The molecule has 3 rings (SSSR count). The molecule has 110 valence electrons. The van der Waals surface area contributed by atoms with Gasteiger partial charge in [-0.2, -0.15) is 5.26 Å². The third kappa shape index (κ3) is 2.81. The van der Waals surface area contributed by atoms with Gasteiger partial charge in [0.25, 0.3) is 0 Å². The standard InChI is InChI=1S/C13H19N3O3S/c14-8-13(3-4-13)16-12(17)11-5-10(6-15-11)20(18,19)7-9-1-2-9/h9-11,15H,1-7H2,(H,16,17)/t10-,11+/m1/s1. The number of nitrogens with zero attached hydrogens (tertiary/aromatic N) is 1. The van der Waals surface area contributed by atoms with E-state index in [1.807, 2.05) is 0 Å². The molecule has 1 amide bonds. The van der Waals surface area contributed by atoms with Crippen molar-refractivity contribution >= 4 is 15.7 Å². The number of amides is 1. The van der Waals surface area contributed by atoms with Gasteiger partial charge in [-0.15, -0.1) is 0 Å². The second kappa shape index (κ2) is 4.71. The molecule has 3 aliphatic rings. The lowest BCUT2D eigenvalue weighted by molar-refractivity contribution is -0.123. The summed E-state index contributed by atoms with van der Waals surface area (Å²) in [5.41, 5.74) is -0.691. The molecule has 0 aromatic carbocycles. The first kappa shape index (κ1) is 13.8. The Morgan fingerprint density at radius 2 is 2.10 bits per heavy atom. The van der Waals surface area contributed by atoms with Crippen molar-refractivity contribution in [2.45, 2.75) is 48.9 Å². The normalized spacial score (nSPS) is 31.6. The van der Waals surface area contributed by atoms with Gasteiger partial charge in [-0.25, -0.2) is 8.42 Å². The van der Waals surface area contributed by atoms with Crippen LogP contribution >= 0.6 is 0 Å². The molecule has 20 heavy (non-hydrogen) atoms. The molecule has 3 fully saturated rings. The summed E-state index contributed by atoms with van der Waals surface area (Å²) in [5.74, 6) is 0.352. The van der Waals surface area contributed by atoms with Gasteiger partial charge >= 0.3 is 0 Å². The third-order valence-corrected chi connectivity index (χ3v) is 6.72. The smallest absolute Gasteiger partial charge is 0.238 e. The zero-order valence-electron chi connectivity index (χ0n) is 11.3. The average Bonchev–Trinajstić information content (AvgIpc) is 3.30. The van der Waals surface area contributed by atoms with Gasteiger partial charge in [0.05, 0.1) is 23.1 Å². The molecular formula is C13H19N3O3S. The molecule has 2 N–H and O–H groups in total. The molecule has 0 bridgehead atoms. The van der Waals surface area contributed by atoms with Crippen LogP contribution in [0.2, 0.25) is 0 Å². The lowest BCUT2D eigenvalue weighted by Crippen LogP contribution is -2.45. The van der Waals surface area contributed by atoms with E-state index in [0.29, 0.717) is 31.7 Å². The Hall–Kier alpha value is -1.13. The summed E-state index contributed by atoms with van der Waals surface area (Å²) >= 11 is 0. The Labute approximate surface area is 118 Å². The monoisotopic (exact) mass is 297 g/mol. The third-order valence-electron chi connectivity index (χ3n) is 4.41. The Morgan fingerprint density at radius 3 is 2.65 bits per heavy atom. The maximum Gasteiger partial charge on any atom is 0.238 e. The molecule has 7 heteroatoms. The minimum atomic E-state index is -3.10. The van der Waals surface area contributed by atoms with Gasteiger partial charge in [-0.3, -0.25) is 4.79 Å². The number of sulfone groups is 1. The highest BCUT2D eigenvalue weighted by Gasteiger charge is 2.47. The van der Waals surface area contributed by atoms with E-state index >= 15 is 0 Å². The van der Waals surface area contributed by atoms with Gasteiger partial charge in [-0.05, 0) is 38.0 Å². The van der Waals surface area contributed by atoms with Crippen molar-refractivity contribution in [2.75, 3.05) is 12.3 Å². The van der Waals surface area contributed by atoms with Crippen LogP contribution in [0.15, 0.2) is 0 Å². The quantitative estimate of drug-likeness (QED) is 0.727. The van der Waals surface area contributed by atoms with Crippen LogP contribution < -0.4 is 10.6 Å². The Bertz CT molecular complexity index is 558. The minimum Gasteiger partial charge on any atom is -0.336 e. The molecule has 0 radical (unpaired) electrons. The maximum absolute atomic E-state index is 12.2. The minimum absolute atomic E-state index is 0.242. The fraction of sp³-hybridized carbons (Fsp3) is 0.846. The topological polar surface area (TPSA) is 99.1 Å². The predicted octanol–water partition coefficient (Wildman–Crippen LogP) is -0.286. The van der Waals surface area contributed by atoms with Crippen molar-refractivity contribution in [1.82, 2.24) is 10.6 Å². The number of hydrogen-bond acceptors (Lipinski definition) is 5. The molecular weight excluding hydrogens is 278 g/mol. The van der Waals surface area contributed by atoms with E-state index in [4.69, 9.17) is 5.26 Å². The predicted molar refractivity (Wildman–Crippen MR) is 72.4 cm³/mol. The number of nitrogens with one attached hydrogen (secondary N) is 2. The zero-order chi connectivity index (χ0) is 14.4. The van der Waals surface area contributed by atoms with Crippen LogP contribution in [0.1, 0.15) is 32.1 Å². The van der Waals surface area contributed by atoms with Gasteiger partial charge in [-0.1, -0.05) is 0 Å². The summed E-state index contributed by atoms with van der Waals surface area (Å²) in [6.45, 7) is 0.340.